The van der Waals surface area contributed by atoms with Crippen LogP contribution in [0.15, 0.2) is 18.2 Å². The van der Waals surface area contributed by atoms with Crippen molar-refractivity contribution in [1.29, 1.82) is 0 Å². The molecule has 1 aromatic rings. The summed E-state index contributed by atoms with van der Waals surface area (Å²) in [6, 6.07) is 4.48. The second kappa shape index (κ2) is 4.60. The Kier molecular flexibility index (Phi) is 3.45. The van der Waals surface area contributed by atoms with Crippen molar-refractivity contribution < 1.29 is 19.0 Å². The van der Waals surface area contributed by atoms with Crippen LogP contribution in [-0.4, -0.2) is 18.2 Å². The second-order valence-electron chi connectivity index (χ2n) is 2.83. The van der Waals surface area contributed by atoms with Crippen LogP contribution in [0.2, 0.25) is 0 Å². The highest BCUT2D eigenvalue weighted by Gasteiger charge is 2.09. The van der Waals surface area contributed by atoms with Gasteiger partial charge in [0.2, 0.25) is 0 Å². The van der Waals surface area contributed by atoms with E-state index in [0.29, 0.717) is 5.56 Å². The minimum atomic E-state index is -0.906. The third kappa shape index (κ3) is 2.45. The highest BCUT2D eigenvalue weighted by atomic mass is 19.1. The zero-order chi connectivity index (χ0) is 10.6. The summed E-state index contributed by atoms with van der Waals surface area (Å²) in [4.78, 5) is 10.3. The number of carboxylic acids is 1. The van der Waals surface area contributed by atoms with Gasteiger partial charge in [-0.1, -0.05) is 12.1 Å². The molecule has 0 amide bonds. The molecule has 0 heterocycles. The molecule has 0 aliphatic carbocycles. The first-order valence-corrected chi connectivity index (χ1v) is 4.18. The predicted molar refractivity (Wildman–Crippen MR) is 48.9 cm³/mol. The molecule has 0 spiro atoms. The van der Waals surface area contributed by atoms with Gasteiger partial charge < -0.3 is 9.84 Å². The number of hydrogen-bond donors (Lipinski definition) is 1. The molecule has 0 aliphatic rings. The first kappa shape index (κ1) is 10.5. The monoisotopic (exact) mass is 198 g/mol. The van der Waals surface area contributed by atoms with Gasteiger partial charge in [0.15, 0.2) is 11.6 Å². The Balaban J connectivity index is 2.85. The van der Waals surface area contributed by atoms with Crippen molar-refractivity contribution in [3.63, 3.8) is 0 Å². The quantitative estimate of drug-likeness (QED) is 0.803. The summed E-state index contributed by atoms with van der Waals surface area (Å²) >= 11 is 0. The fraction of sp³-hybridized carbons (Fsp3) is 0.300. The fourth-order valence-corrected chi connectivity index (χ4v) is 1.22. The molecule has 4 heteroatoms. The minimum absolute atomic E-state index is 0.0280. The molecule has 0 saturated heterocycles. The lowest BCUT2D eigenvalue weighted by molar-refractivity contribution is -0.136. The third-order valence-corrected chi connectivity index (χ3v) is 1.86. The van der Waals surface area contributed by atoms with Crippen molar-refractivity contribution in [2.75, 3.05) is 7.11 Å². The molecule has 0 atom stereocenters. The molecule has 1 rings (SSSR count). The number of hydrogen-bond acceptors (Lipinski definition) is 2. The molecule has 1 N–H and O–H groups in total. The molecule has 0 aliphatic heterocycles. The summed E-state index contributed by atoms with van der Waals surface area (Å²) in [5.41, 5.74) is 0.579. The molecule has 1 aromatic carbocycles. The first-order chi connectivity index (χ1) is 6.65. The SMILES string of the molecule is COc1c(F)cccc1CCC(=O)O. The van der Waals surface area contributed by atoms with Gasteiger partial charge >= 0.3 is 5.97 Å². The van der Waals surface area contributed by atoms with Gasteiger partial charge in [-0.2, -0.15) is 0 Å². The summed E-state index contributed by atoms with van der Waals surface area (Å²) in [5, 5.41) is 8.47. The van der Waals surface area contributed by atoms with E-state index in [4.69, 9.17) is 9.84 Å². The Bertz CT molecular complexity index is 336. The number of benzene rings is 1. The minimum Gasteiger partial charge on any atom is -0.493 e. The molecule has 0 bridgehead atoms. The Morgan fingerprint density at radius 3 is 2.86 bits per heavy atom. The summed E-state index contributed by atoms with van der Waals surface area (Å²) in [6.45, 7) is 0. The highest BCUT2D eigenvalue weighted by molar-refractivity contribution is 5.67. The average molecular weight is 198 g/mol. The molecule has 3 nitrogen and oxygen atoms in total. The molecular formula is C10H11FO3. The van der Waals surface area contributed by atoms with Gasteiger partial charge in [0, 0.05) is 6.42 Å². The Morgan fingerprint density at radius 1 is 1.57 bits per heavy atom. The second-order valence-corrected chi connectivity index (χ2v) is 2.83. The van der Waals surface area contributed by atoms with Crippen molar-refractivity contribution in [3.05, 3.63) is 29.6 Å². The topological polar surface area (TPSA) is 46.5 Å². The van der Waals surface area contributed by atoms with Crippen LogP contribution >= 0.6 is 0 Å². The normalized spacial score (nSPS) is 9.86. The summed E-state index contributed by atoms with van der Waals surface area (Å²) in [6.07, 6.45) is 0.246. The van der Waals surface area contributed by atoms with Crippen molar-refractivity contribution in [2.45, 2.75) is 12.8 Å². The number of methoxy groups -OCH3 is 1. The average Bonchev–Trinajstić information content (AvgIpc) is 2.14. The van der Waals surface area contributed by atoms with E-state index in [0.717, 1.165) is 0 Å². The van der Waals surface area contributed by atoms with Crippen LogP contribution in [0.1, 0.15) is 12.0 Å². The lowest BCUT2D eigenvalue weighted by Crippen LogP contribution is -2.00. The maximum atomic E-state index is 13.1. The maximum Gasteiger partial charge on any atom is 0.303 e. The zero-order valence-corrected chi connectivity index (χ0v) is 7.79. The van der Waals surface area contributed by atoms with Gasteiger partial charge in [-0.15, -0.1) is 0 Å². The Hall–Kier alpha value is -1.58. The zero-order valence-electron chi connectivity index (χ0n) is 7.79. The van der Waals surface area contributed by atoms with Crippen LogP contribution in [-0.2, 0) is 11.2 Å². The third-order valence-electron chi connectivity index (χ3n) is 1.86. The molecule has 0 saturated carbocycles. The number of ether oxygens (including phenoxy) is 1. The summed E-state index contributed by atoms with van der Waals surface area (Å²) in [7, 11) is 1.36. The Morgan fingerprint density at radius 2 is 2.29 bits per heavy atom. The molecule has 76 valence electrons. The van der Waals surface area contributed by atoms with Crippen molar-refractivity contribution in [1.82, 2.24) is 0 Å². The van der Waals surface area contributed by atoms with E-state index < -0.39 is 11.8 Å². The van der Waals surface area contributed by atoms with Crippen LogP contribution in [0.4, 0.5) is 4.39 Å². The lowest BCUT2D eigenvalue weighted by Gasteiger charge is -2.07. The fourth-order valence-electron chi connectivity index (χ4n) is 1.22. The number of aryl methyl sites for hydroxylation is 1. The number of aliphatic carboxylic acids is 1. The summed E-state index contributed by atoms with van der Waals surface area (Å²) < 4.78 is 17.9. The van der Waals surface area contributed by atoms with Crippen LogP contribution in [0, 0.1) is 5.82 Å². The van der Waals surface area contributed by atoms with Crippen molar-refractivity contribution in [2.24, 2.45) is 0 Å². The number of rotatable bonds is 4. The molecule has 0 unspecified atom stereocenters. The van der Waals surface area contributed by atoms with Crippen molar-refractivity contribution in [3.8, 4) is 5.75 Å². The van der Waals surface area contributed by atoms with Crippen LogP contribution in [0.5, 0.6) is 5.75 Å². The van der Waals surface area contributed by atoms with Gasteiger partial charge in [-0.05, 0) is 18.1 Å². The highest BCUT2D eigenvalue weighted by Crippen LogP contribution is 2.23. The van der Waals surface area contributed by atoms with Crippen LogP contribution in [0.25, 0.3) is 0 Å². The van der Waals surface area contributed by atoms with E-state index in [2.05, 4.69) is 0 Å². The standard InChI is InChI=1S/C10H11FO3/c1-14-10-7(5-6-9(12)13)3-2-4-8(10)11/h2-4H,5-6H2,1H3,(H,12,13). The van der Waals surface area contributed by atoms with E-state index in [1.165, 1.54) is 19.2 Å². The van der Waals surface area contributed by atoms with Gasteiger partial charge in [-0.3, -0.25) is 4.79 Å². The first-order valence-electron chi connectivity index (χ1n) is 4.18. The maximum absolute atomic E-state index is 13.1. The predicted octanol–water partition coefficient (Wildman–Crippen LogP) is 1.85. The van der Waals surface area contributed by atoms with Gasteiger partial charge in [0.25, 0.3) is 0 Å². The molecule has 0 aromatic heterocycles. The van der Waals surface area contributed by atoms with Crippen LogP contribution in [0.3, 0.4) is 0 Å². The smallest absolute Gasteiger partial charge is 0.303 e. The van der Waals surface area contributed by atoms with E-state index in [-0.39, 0.29) is 18.6 Å². The molecule has 14 heavy (non-hydrogen) atoms. The summed E-state index contributed by atoms with van der Waals surface area (Å²) in [5.74, 6) is -1.24. The molecule has 0 fully saturated rings. The number of carbonyl (C=O) groups is 1. The van der Waals surface area contributed by atoms with Crippen LogP contribution < -0.4 is 4.74 Å². The van der Waals surface area contributed by atoms with Crippen molar-refractivity contribution >= 4 is 5.97 Å². The molecular weight excluding hydrogens is 187 g/mol. The van der Waals surface area contributed by atoms with E-state index >= 15 is 0 Å². The Labute approximate surface area is 81.1 Å². The van der Waals surface area contributed by atoms with Gasteiger partial charge in [-0.25, -0.2) is 4.39 Å². The van der Waals surface area contributed by atoms with Gasteiger partial charge in [0.1, 0.15) is 0 Å². The van der Waals surface area contributed by atoms with Gasteiger partial charge in [0.05, 0.1) is 7.11 Å². The molecule has 0 radical (unpaired) electrons. The largest absolute Gasteiger partial charge is 0.493 e. The van der Waals surface area contributed by atoms with E-state index in [1.54, 1.807) is 6.07 Å². The lowest BCUT2D eigenvalue weighted by atomic mass is 10.1. The van der Waals surface area contributed by atoms with E-state index in [9.17, 15) is 9.18 Å². The van der Waals surface area contributed by atoms with E-state index in [1.807, 2.05) is 0 Å². The number of carboxylic acid groups (broad SMARTS) is 1. The number of para-hydroxylation sites is 1. The number of halogens is 1.